The highest BCUT2D eigenvalue weighted by Crippen LogP contribution is 2.34. The van der Waals surface area contributed by atoms with Crippen molar-refractivity contribution in [2.45, 2.75) is 58.1 Å². The largest absolute Gasteiger partial charge is 0.479 e. The van der Waals surface area contributed by atoms with Crippen LogP contribution < -0.4 is 0 Å². The number of carbonyl (C=O) groups is 2. The Hall–Kier alpha value is -2.04. The third-order valence-electron chi connectivity index (χ3n) is 4.12. The van der Waals surface area contributed by atoms with Gasteiger partial charge < -0.3 is 9.84 Å². The maximum absolute atomic E-state index is 12.5. The van der Waals surface area contributed by atoms with Crippen molar-refractivity contribution in [1.29, 1.82) is 0 Å². The zero-order valence-corrected chi connectivity index (χ0v) is 14.3. The molecule has 1 saturated heterocycles. The average molecular weight is 319 g/mol. The Labute approximate surface area is 137 Å². The summed E-state index contributed by atoms with van der Waals surface area (Å²) in [6, 6.07) is 7.76. The monoisotopic (exact) mass is 319 g/mol. The van der Waals surface area contributed by atoms with Crippen LogP contribution >= 0.6 is 0 Å². The van der Waals surface area contributed by atoms with E-state index in [9.17, 15) is 14.7 Å². The summed E-state index contributed by atoms with van der Waals surface area (Å²) in [5.41, 5.74) is 0.160. The number of amides is 1. The minimum atomic E-state index is -1.22. The number of hydrogen-bond acceptors (Lipinski definition) is 3. The maximum atomic E-state index is 12.5. The molecule has 5 heteroatoms. The highest BCUT2D eigenvalue weighted by Gasteiger charge is 2.51. The number of benzene rings is 1. The smallest absolute Gasteiger partial charge is 0.411 e. The van der Waals surface area contributed by atoms with Crippen LogP contribution in [0.4, 0.5) is 4.79 Å². The molecular formula is C18H25NO4. The third-order valence-corrected chi connectivity index (χ3v) is 4.12. The molecule has 0 aromatic heterocycles. The third kappa shape index (κ3) is 3.84. The van der Waals surface area contributed by atoms with Crippen LogP contribution in [0, 0.1) is 6.92 Å². The van der Waals surface area contributed by atoms with Crippen LogP contribution in [-0.2, 0) is 16.0 Å². The number of carboxylic acid groups (broad SMARTS) is 1. The Balaban J connectivity index is 2.29. The predicted molar refractivity (Wildman–Crippen MR) is 87.4 cm³/mol. The molecule has 126 valence electrons. The molecule has 1 heterocycles. The van der Waals surface area contributed by atoms with Crippen molar-refractivity contribution in [1.82, 2.24) is 4.90 Å². The fourth-order valence-electron chi connectivity index (χ4n) is 2.99. The van der Waals surface area contributed by atoms with Crippen LogP contribution in [-0.4, -0.2) is 39.8 Å². The van der Waals surface area contributed by atoms with Gasteiger partial charge in [-0.25, -0.2) is 9.59 Å². The van der Waals surface area contributed by atoms with E-state index in [0.29, 0.717) is 25.8 Å². The first-order valence-electron chi connectivity index (χ1n) is 7.94. The van der Waals surface area contributed by atoms with E-state index in [1.165, 1.54) is 4.90 Å². The summed E-state index contributed by atoms with van der Waals surface area (Å²) in [7, 11) is 0. The molecule has 1 aromatic rings. The normalized spacial score (nSPS) is 21.3. The zero-order valence-electron chi connectivity index (χ0n) is 14.3. The summed E-state index contributed by atoms with van der Waals surface area (Å²) in [5, 5.41) is 9.85. The molecule has 1 aliphatic rings. The second-order valence-electron chi connectivity index (χ2n) is 7.23. The topological polar surface area (TPSA) is 66.8 Å². The summed E-state index contributed by atoms with van der Waals surface area (Å²) in [5.74, 6) is -0.971. The van der Waals surface area contributed by atoms with E-state index >= 15 is 0 Å². The van der Waals surface area contributed by atoms with Gasteiger partial charge in [0.15, 0.2) is 0 Å². The number of aliphatic carboxylic acids is 1. The van der Waals surface area contributed by atoms with Crippen LogP contribution in [0.5, 0.6) is 0 Å². The minimum Gasteiger partial charge on any atom is -0.479 e. The van der Waals surface area contributed by atoms with Crippen LogP contribution in [0.25, 0.3) is 0 Å². The molecule has 1 atom stereocenters. The standard InChI is InChI=1S/C18H25NO4/c1-13-6-8-14(9-7-13)12-18(15(20)21)10-5-11-19(18)16(22)23-17(2,3)4/h6-9H,5,10-12H2,1-4H3,(H,20,21)/t18-/m0/s1. The number of carbonyl (C=O) groups excluding carboxylic acids is 1. The predicted octanol–water partition coefficient (Wildman–Crippen LogP) is 3.39. The van der Waals surface area contributed by atoms with Gasteiger partial charge in [-0.1, -0.05) is 29.8 Å². The highest BCUT2D eigenvalue weighted by atomic mass is 16.6. The summed E-state index contributed by atoms with van der Waals surface area (Å²) in [6.45, 7) is 7.74. The molecule has 0 radical (unpaired) electrons. The SMILES string of the molecule is Cc1ccc(C[C@]2(C(=O)O)CCCN2C(=O)OC(C)(C)C)cc1. The number of likely N-dealkylation sites (tertiary alicyclic amines) is 1. The zero-order chi connectivity index (χ0) is 17.3. The summed E-state index contributed by atoms with van der Waals surface area (Å²) in [4.78, 5) is 25.9. The molecule has 0 aliphatic carbocycles. The van der Waals surface area contributed by atoms with Crippen molar-refractivity contribution in [3.8, 4) is 0 Å². The fraction of sp³-hybridized carbons (Fsp3) is 0.556. The van der Waals surface area contributed by atoms with Crippen molar-refractivity contribution < 1.29 is 19.4 Å². The van der Waals surface area contributed by atoms with Crippen molar-refractivity contribution in [3.63, 3.8) is 0 Å². The van der Waals surface area contributed by atoms with Crippen LogP contribution in [0.1, 0.15) is 44.7 Å². The molecular weight excluding hydrogens is 294 g/mol. The average Bonchev–Trinajstić information content (AvgIpc) is 2.84. The second-order valence-corrected chi connectivity index (χ2v) is 7.23. The van der Waals surface area contributed by atoms with Gasteiger partial charge in [0.25, 0.3) is 0 Å². The van der Waals surface area contributed by atoms with Crippen LogP contribution in [0.15, 0.2) is 24.3 Å². The highest BCUT2D eigenvalue weighted by molar-refractivity contribution is 5.85. The molecule has 1 amide bonds. The lowest BCUT2D eigenvalue weighted by Gasteiger charge is -2.36. The van der Waals surface area contributed by atoms with Crippen molar-refractivity contribution in [2.75, 3.05) is 6.54 Å². The Morgan fingerprint density at radius 1 is 1.26 bits per heavy atom. The molecule has 1 aliphatic heterocycles. The van der Waals surface area contributed by atoms with E-state index in [0.717, 1.165) is 11.1 Å². The van der Waals surface area contributed by atoms with Gasteiger partial charge in [-0.05, 0) is 46.1 Å². The minimum absolute atomic E-state index is 0.294. The lowest BCUT2D eigenvalue weighted by atomic mass is 9.88. The van der Waals surface area contributed by atoms with Gasteiger partial charge in [0, 0.05) is 13.0 Å². The van der Waals surface area contributed by atoms with Gasteiger partial charge in [0.2, 0.25) is 0 Å². The Bertz CT molecular complexity index is 588. The molecule has 23 heavy (non-hydrogen) atoms. The van der Waals surface area contributed by atoms with E-state index in [4.69, 9.17) is 4.74 Å². The first kappa shape index (κ1) is 17.3. The van der Waals surface area contributed by atoms with Gasteiger partial charge in [-0.15, -0.1) is 0 Å². The number of aryl methyl sites for hydroxylation is 1. The Morgan fingerprint density at radius 2 is 1.87 bits per heavy atom. The lowest BCUT2D eigenvalue weighted by molar-refractivity contribution is -0.149. The second kappa shape index (κ2) is 6.22. The summed E-state index contributed by atoms with van der Waals surface area (Å²) < 4.78 is 5.41. The molecule has 1 fully saturated rings. The number of carboxylic acids is 1. The molecule has 1 aromatic carbocycles. The molecule has 2 rings (SSSR count). The summed E-state index contributed by atoms with van der Waals surface area (Å²) >= 11 is 0. The van der Waals surface area contributed by atoms with Crippen molar-refractivity contribution in [3.05, 3.63) is 35.4 Å². The first-order valence-corrected chi connectivity index (χ1v) is 7.94. The Kier molecular flexibility index (Phi) is 4.68. The number of nitrogens with zero attached hydrogens (tertiary/aromatic N) is 1. The van der Waals surface area contributed by atoms with Gasteiger partial charge in [-0.2, -0.15) is 0 Å². The quantitative estimate of drug-likeness (QED) is 0.927. The van der Waals surface area contributed by atoms with Gasteiger partial charge >= 0.3 is 12.1 Å². The van der Waals surface area contributed by atoms with E-state index in [-0.39, 0.29) is 0 Å². The number of hydrogen-bond donors (Lipinski definition) is 1. The van der Waals surface area contributed by atoms with E-state index in [2.05, 4.69) is 0 Å². The maximum Gasteiger partial charge on any atom is 0.411 e. The van der Waals surface area contributed by atoms with E-state index < -0.39 is 23.2 Å². The first-order chi connectivity index (χ1) is 10.6. The molecule has 0 bridgehead atoms. The molecule has 0 saturated carbocycles. The van der Waals surface area contributed by atoms with Crippen molar-refractivity contribution >= 4 is 12.1 Å². The fourth-order valence-corrected chi connectivity index (χ4v) is 2.99. The van der Waals surface area contributed by atoms with Gasteiger partial charge in [0.1, 0.15) is 11.1 Å². The van der Waals surface area contributed by atoms with Crippen LogP contribution in [0.3, 0.4) is 0 Å². The molecule has 5 nitrogen and oxygen atoms in total. The van der Waals surface area contributed by atoms with Crippen LogP contribution in [0.2, 0.25) is 0 Å². The lowest BCUT2D eigenvalue weighted by Crippen LogP contribution is -2.55. The number of ether oxygens (including phenoxy) is 1. The molecule has 1 N–H and O–H groups in total. The van der Waals surface area contributed by atoms with Gasteiger partial charge in [-0.3, -0.25) is 4.90 Å². The molecule has 0 spiro atoms. The molecule has 0 unspecified atom stereocenters. The summed E-state index contributed by atoms with van der Waals surface area (Å²) in [6.07, 6.45) is 0.846. The Morgan fingerprint density at radius 3 is 2.39 bits per heavy atom. The van der Waals surface area contributed by atoms with Crippen molar-refractivity contribution in [2.24, 2.45) is 0 Å². The van der Waals surface area contributed by atoms with Gasteiger partial charge in [0.05, 0.1) is 0 Å². The number of rotatable bonds is 3. The van der Waals surface area contributed by atoms with E-state index in [1.54, 1.807) is 20.8 Å². The van der Waals surface area contributed by atoms with E-state index in [1.807, 2.05) is 31.2 Å².